The number of hydrogen-bond acceptors (Lipinski definition) is 5. The van der Waals surface area contributed by atoms with Crippen LogP contribution in [0.25, 0.3) is 11.5 Å². The number of pyridine rings is 1. The van der Waals surface area contributed by atoms with Gasteiger partial charge in [-0.1, -0.05) is 6.07 Å². The molecule has 0 saturated heterocycles. The molecule has 17 heavy (non-hydrogen) atoms. The van der Waals surface area contributed by atoms with Gasteiger partial charge in [0.25, 0.3) is 0 Å². The lowest BCUT2D eigenvalue weighted by molar-refractivity contribution is 0.899. The Labute approximate surface area is 96.4 Å². The normalized spacial score (nSPS) is 10.6. The monoisotopic (exact) mass is 227 g/mol. The summed E-state index contributed by atoms with van der Waals surface area (Å²) in [6.07, 6.45) is 3.72. The van der Waals surface area contributed by atoms with Crippen LogP contribution in [0.15, 0.2) is 30.7 Å². The third-order valence-electron chi connectivity index (χ3n) is 2.23. The van der Waals surface area contributed by atoms with Crippen LogP contribution in [-0.4, -0.2) is 35.3 Å². The molecule has 0 aliphatic heterocycles. The Hall–Kier alpha value is -2.57. The van der Waals surface area contributed by atoms with E-state index in [1.165, 1.54) is 6.33 Å². The molecule has 84 valence electrons. The largest absolute Gasteiger partial charge is 0.263 e. The minimum Gasteiger partial charge on any atom is -0.263 e. The Morgan fingerprint density at radius 1 is 1.06 bits per heavy atom. The van der Waals surface area contributed by atoms with Crippen molar-refractivity contribution in [2.24, 2.45) is 0 Å². The predicted octanol–water partition coefficient (Wildman–Crippen LogP) is 0.576. The molecule has 3 heterocycles. The van der Waals surface area contributed by atoms with Gasteiger partial charge in [-0.15, -0.1) is 0 Å². The number of nitrogens with one attached hydrogen (secondary N) is 2. The standard InChI is InChI=1S/C10H9N7/c1-2-4-11-7(3-1)10-14-9(16-17-10)5-8-12-6-13-15-8/h1-4,6H,5H2,(H,12,13,15)(H,14,16,17). The molecule has 0 atom stereocenters. The van der Waals surface area contributed by atoms with E-state index in [4.69, 9.17) is 0 Å². The summed E-state index contributed by atoms with van der Waals surface area (Å²) >= 11 is 0. The van der Waals surface area contributed by atoms with E-state index in [1.54, 1.807) is 6.20 Å². The molecule has 0 aromatic carbocycles. The molecule has 0 spiro atoms. The number of aromatic amines is 2. The fourth-order valence-corrected chi connectivity index (χ4v) is 1.46. The van der Waals surface area contributed by atoms with E-state index in [2.05, 4.69) is 35.3 Å². The number of rotatable bonds is 3. The van der Waals surface area contributed by atoms with Gasteiger partial charge >= 0.3 is 0 Å². The molecule has 3 rings (SSSR count). The number of nitrogens with zero attached hydrogens (tertiary/aromatic N) is 5. The molecule has 2 N–H and O–H groups in total. The molecule has 3 aromatic heterocycles. The van der Waals surface area contributed by atoms with Crippen molar-refractivity contribution >= 4 is 0 Å². The highest BCUT2D eigenvalue weighted by molar-refractivity contribution is 5.47. The van der Waals surface area contributed by atoms with Crippen LogP contribution in [0.1, 0.15) is 11.6 Å². The van der Waals surface area contributed by atoms with Crippen molar-refractivity contribution < 1.29 is 0 Å². The highest BCUT2D eigenvalue weighted by Gasteiger charge is 2.07. The zero-order valence-corrected chi connectivity index (χ0v) is 8.83. The van der Waals surface area contributed by atoms with Gasteiger partial charge in [-0.2, -0.15) is 10.2 Å². The first kappa shape index (κ1) is 9.64. The van der Waals surface area contributed by atoms with Crippen molar-refractivity contribution in [1.29, 1.82) is 0 Å². The molecule has 0 bridgehead atoms. The van der Waals surface area contributed by atoms with Crippen LogP contribution in [0, 0.1) is 0 Å². The summed E-state index contributed by atoms with van der Waals surface area (Å²) in [5, 5.41) is 13.5. The van der Waals surface area contributed by atoms with Gasteiger partial charge in [0.05, 0.1) is 6.42 Å². The first-order valence-electron chi connectivity index (χ1n) is 5.09. The maximum atomic E-state index is 4.34. The van der Waals surface area contributed by atoms with E-state index in [9.17, 15) is 0 Å². The smallest absolute Gasteiger partial charge is 0.199 e. The fraction of sp³-hybridized carbons (Fsp3) is 0.100. The predicted molar refractivity (Wildman–Crippen MR) is 58.8 cm³/mol. The number of H-pyrrole nitrogens is 2. The molecular formula is C10H9N7. The first-order valence-corrected chi connectivity index (χ1v) is 5.09. The second kappa shape index (κ2) is 4.12. The number of hydrogen-bond donors (Lipinski definition) is 2. The van der Waals surface area contributed by atoms with Gasteiger partial charge < -0.3 is 0 Å². The molecule has 3 aromatic rings. The molecule has 0 amide bonds. The Balaban J connectivity index is 1.84. The summed E-state index contributed by atoms with van der Waals surface area (Å²) in [5.74, 6) is 2.05. The van der Waals surface area contributed by atoms with Crippen LogP contribution in [0.4, 0.5) is 0 Å². The van der Waals surface area contributed by atoms with E-state index in [0.29, 0.717) is 12.2 Å². The fourth-order valence-electron chi connectivity index (χ4n) is 1.46. The van der Waals surface area contributed by atoms with Crippen LogP contribution in [0.5, 0.6) is 0 Å². The average Bonchev–Trinajstić information content (AvgIpc) is 3.02. The number of aromatic nitrogens is 7. The van der Waals surface area contributed by atoms with Crippen LogP contribution < -0.4 is 0 Å². The van der Waals surface area contributed by atoms with Crippen molar-refractivity contribution in [3.05, 3.63) is 42.4 Å². The van der Waals surface area contributed by atoms with Gasteiger partial charge in [0, 0.05) is 6.20 Å². The molecule has 0 unspecified atom stereocenters. The van der Waals surface area contributed by atoms with Gasteiger partial charge in [0.1, 0.15) is 23.7 Å². The van der Waals surface area contributed by atoms with Gasteiger partial charge in [-0.25, -0.2) is 9.97 Å². The highest BCUT2D eigenvalue weighted by atomic mass is 15.2. The average molecular weight is 227 g/mol. The summed E-state index contributed by atoms with van der Waals surface area (Å²) in [7, 11) is 0. The van der Waals surface area contributed by atoms with Crippen molar-refractivity contribution in [2.45, 2.75) is 6.42 Å². The Kier molecular flexibility index (Phi) is 2.34. The van der Waals surface area contributed by atoms with E-state index in [-0.39, 0.29) is 0 Å². The van der Waals surface area contributed by atoms with Gasteiger partial charge in [0.2, 0.25) is 0 Å². The molecule has 0 aliphatic rings. The summed E-state index contributed by atoms with van der Waals surface area (Å²) < 4.78 is 0. The molecule has 7 heteroatoms. The van der Waals surface area contributed by atoms with E-state index in [0.717, 1.165) is 17.3 Å². The van der Waals surface area contributed by atoms with Crippen molar-refractivity contribution in [1.82, 2.24) is 35.3 Å². The summed E-state index contributed by atoms with van der Waals surface area (Å²) in [6, 6.07) is 5.61. The van der Waals surface area contributed by atoms with Crippen molar-refractivity contribution in [3.63, 3.8) is 0 Å². The van der Waals surface area contributed by atoms with Crippen LogP contribution in [0.3, 0.4) is 0 Å². The lowest BCUT2D eigenvalue weighted by atomic mass is 10.3. The SMILES string of the molecule is c1ccc(-c2n[nH]c(Cc3ncn[nH]3)n2)nc1. The molecule has 0 radical (unpaired) electrons. The minimum absolute atomic E-state index is 0.542. The van der Waals surface area contributed by atoms with Crippen LogP contribution >= 0.6 is 0 Å². The Bertz CT molecular complexity index is 584. The first-order chi connectivity index (χ1) is 8.42. The summed E-state index contributed by atoms with van der Waals surface area (Å²) in [6.45, 7) is 0. The summed E-state index contributed by atoms with van der Waals surface area (Å²) in [4.78, 5) is 12.5. The zero-order chi connectivity index (χ0) is 11.5. The second-order valence-corrected chi connectivity index (χ2v) is 3.43. The molecule has 0 aliphatic carbocycles. The third-order valence-corrected chi connectivity index (χ3v) is 2.23. The van der Waals surface area contributed by atoms with Crippen molar-refractivity contribution in [3.8, 4) is 11.5 Å². The van der Waals surface area contributed by atoms with E-state index < -0.39 is 0 Å². The van der Waals surface area contributed by atoms with Gasteiger partial charge in [-0.3, -0.25) is 15.2 Å². The van der Waals surface area contributed by atoms with E-state index >= 15 is 0 Å². The zero-order valence-electron chi connectivity index (χ0n) is 8.83. The van der Waals surface area contributed by atoms with Crippen molar-refractivity contribution in [2.75, 3.05) is 0 Å². The second-order valence-electron chi connectivity index (χ2n) is 3.43. The van der Waals surface area contributed by atoms with Gasteiger partial charge in [-0.05, 0) is 12.1 Å². The van der Waals surface area contributed by atoms with E-state index in [1.807, 2.05) is 18.2 Å². The lowest BCUT2D eigenvalue weighted by Gasteiger charge is -1.91. The van der Waals surface area contributed by atoms with Crippen LogP contribution in [-0.2, 0) is 6.42 Å². The Morgan fingerprint density at radius 3 is 2.82 bits per heavy atom. The Morgan fingerprint density at radius 2 is 2.06 bits per heavy atom. The molecular weight excluding hydrogens is 218 g/mol. The van der Waals surface area contributed by atoms with Crippen LogP contribution in [0.2, 0.25) is 0 Å². The maximum absolute atomic E-state index is 4.34. The molecule has 0 saturated carbocycles. The molecule has 0 fully saturated rings. The maximum Gasteiger partial charge on any atom is 0.199 e. The third kappa shape index (κ3) is 2.03. The summed E-state index contributed by atoms with van der Waals surface area (Å²) in [5.41, 5.74) is 0.743. The lowest BCUT2D eigenvalue weighted by Crippen LogP contribution is -1.93. The minimum atomic E-state index is 0.542. The highest BCUT2D eigenvalue weighted by Crippen LogP contribution is 2.10. The molecule has 7 nitrogen and oxygen atoms in total. The topological polar surface area (TPSA) is 96.0 Å². The van der Waals surface area contributed by atoms with Gasteiger partial charge in [0.15, 0.2) is 5.82 Å². The quantitative estimate of drug-likeness (QED) is 0.682.